The Morgan fingerprint density at radius 3 is 2.61 bits per heavy atom. The minimum absolute atomic E-state index is 0.0118. The zero-order chi connectivity index (χ0) is 33.5. The smallest absolute Gasteiger partial charge is 0.243 e. The molecule has 1 aromatic heterocycles. The highest BCUT2D eigenvalue weighted by atomic mass is 32.2. The molecule has 0 saturated heterocycles. The second kappa shape index (κ2) is 13.0. The van der Waals surface area contributed by atoms with Gasteiger partial charge in [0.2, 0.25) is 15.9 Å². The van der Waals surface area contributed by atoms with Crippen molar-refractivity contribution in [1.29, 1.82) is 0 Å². The third-order valence-electron chi connectivity index (χ3n) is 10.6. The van der Waals surface area contributed by atoms with Gasteiger partial charge in [-0.05, 0) is 108 Å². The first-order valence-electron chi connectivity index (χ1n) is 17.3. The van der Waals surface area contributed by atoms with Crippen molar-refractivity contribution in [3.05, 3.63) is 125 Å². The fourth-order valence-corrected chi connectivity index (χ4v) is 9.68. The lowest BCUT2D eigenvalue weighted by molar-refractivity contribution is -0.123. The number of anilines is 1. The first kappa shape index (κ1) is 31.7. The van der Waals surface area contributed by atoms with E-state index in [9.17, 15) is 13.2 Å². The summed E-state index contributed by atoms with van der Waals surface area (Å²) in [5, 5.41) is 5.00. The van der Waals surface area contributed by atoms with Crippen LogP contribution in [-0.4, -0.2) is 49.4 Å². The number of aromatic nitrogens is 1. The van der Waals surface area contributed by atoms with E-state index in [1.54, 1.807) is 19.2 Å². The summed E-state index contributed by atoms with van der Waals surface area (Å²) in [6.45, 7) is 2.81. The van der Waals surface area contributed by atoms with Crippen molar-refractivity contribution in [3.8, 4) is 5.75 Å². The minimum Gasteiger partial charge on any atom is -0.497 e. The number of carbonyl (C=O) groups excluding carboxylic acids is 1. The van der Waals surface area contributed by atoms with Crippen LogP contribution in [-0.2, 0) is 47.2 Å². The summed E-state index contributed by atoms with van der Waals surface area (Å²) >= 11 is 0. The van der Waals surface area contributed by atoms with Crippen molar-refractivity contribution in [3.63, 3.8) is 0 Å². The lowest BCUT2D eigenvalue weighted by Crippen LogP contribution is -2.45. The summed E-state index contributed by atoms with van der Waals surface area (Å²) in [6.07, 6.45) is 6.90. The maximum atomic E-state index is 14.2. The number of hydrogen-bond donors (Lipinski definition) is 1. The Morgan fingerprint density at radius 1 is 0.857 bits per heavy atom. The van der Waals surface area contributed by atoms with Gasteiger partial charge in [0, 0.05) is 56.2 Å². The molecule has 9 heteroatoms. The molecule has 252 valence electrons. The molecule has 2 aliphatic heterocycles. The fraction of sp³-hybridized carbons (Fsp3) is 0.325. The molecule has 1 amide bonds. The molecule has 1 aliphatic carbocycles. The topological polar surface area (TPSA) is 83.9 Å². The van der Waals surface area contributed by atoms with Gasteiger partial charge in [-0.2, -0.15) is 4.31 Å². The van der Waals surface area contributed by atoms with Gasteiger partial charge in [0.1, 0.15) is 5.75 Å². The van der Waals surface area contributed by atoms with Gasteiger partial charge in [-0.25, -0.2) is 8.42 Å². The number of fused-ring (bicyclic) bond motifs is 4. The maximum Gasteiger partial charge on any atom is 0.243 e. The number of amides is 1. The quantitative estimate of drug-likeness (QED) is 0.206. The number of sulfonamides is 1. The van der Waals surface area contributed by atoms with E-state index in [1.165, 1.54) is 38.7 Å². The van der Waals surface area contributed by atoms with Gasteiger partial charge in [0.15, 0.2) is 0 Å². The first-order valence-corrected chi connectivity index (χ1v) is 18.8. The van der Waals surface area contributed by atoms with Crippen molar-refractivity contribution in [2.75, 3.05) is 25.1 Å². The summed E-state index contributed by atoms with van der Waals surface area (Å²) in [5.41, 5.74) is 7.60. The molecule has 0 bridgehead atoms. The van der Waals surface area contributed by atoms with Gasteiger partial charge in [-0.3, -0.25) is 4.79 Å². The third kappa shape index (κ3) is 6.22. The Balaban J connectivity index is 0.959. The van der Waals surface area contributed by atoms with Gasteiger partial charge in [-0.1, -0.05) is 48.5 Å². The standard InChI is InChI=1S/C40H42N4O4S/c1-48-35-16-13-33-25-36(17-14-32(33)24-35)49(46,47)44-21-20-42-18-5-9-38(42)39(44)26-40(45)41-34-15-12-30-22-28(10-11-31(30)23-34)27-43-19-4-7-29-6-2-3-8-37(29)43/h2-3,5-6,8-11,13-14,16-18,22,24-25,34,39H,4,7,12,15,19-21,23,26-27H2,1H3,(H,41,45). The molecule has 5 aromatic rings. The second-order valence-electron chi connectivity index (χ2n) is 13.6. The van der Waals surface area contributed by atoms with Gasteiger partial charge in [0.25, 0.3) is 0 Å². The normalized spacial score (nSPS) is 19.2. The van der Waals surface area contributed by atoms with E-state index >= 15 is 0 Å². The van der Waals surface area contributed by atoms with E-state index in [0.29, 0.717) is 13.1 Å². The number of methoxy groups -OCH3 is 1. The van der Waals surface area contributed by atoms with Crippen molar-refractivity contribution >= 4 is 32.4 Å². The van der Waals surface area contributed by atoms with Crippen LogP contribution in [0.2, 0.25) is 0 Å². The highest BCUT2D eigenvalue weighted by Gasteiger charge is 2.38. The summed E-state index contributed by atoms with van der Waals surface area (Å²) in [6, 6.07) is 29.6. The van der Waals surface area contributed by atoms with E-state index < -0.39 is 16.1 Å². The van der Waals surface area contributed by atoms with Gasteiger partial charge in [0.05, 0.1) is 18.0 Å². The van der Waals surface area contributed by atoms with Crippen molar-refractivity contribution < 1.29 is 17.9 Å². The largest absolute Gasteiger partial charge is 0.497 e. The van der Waals surface area contributed by atoms with Crippen LogP contribution in [0.3, 0.4) is 0 Å². The monoisotopic (exact) mass is 674 g/mol. The Bertz CT molecular complexity index is 2140. The highest BCUT2D eigenvalue weighted by Crippen LogP contribution is 2.36. The molecule has 0 radical (unpaired) electrons. The number of rotatable bonds is 8. The molecule has 8 rings (SSSR count). The lowest BCUT2D eigenvalue weighted by Gasteiger charge is -2.36. The number of nitrogens with zero attached hydrogens (tertiary/aromatic N) is 3. The predicted octanol–water partition coefficient (Wildman–Crippen LogP) is 6.41. The summed E-state index contributed by atoms with van der Waals surface area (Å²) in [5.74, 6) is 0.593. The fourth-order valence-electron chi connectivity index (χ4n) is 8.05. The number of hydrogen-bond acceptors (Lipinski definition) is 5. The zero-order valence-corrected chi connectivity index (χ0v) is 28.7. The number of benzene rings is 4. The average Bonchev–Trinajstić information content (AvgIpc) is 3.61. The molecule has 0 spiro atoms. The van der Waals surface area contributed by atoms with Crippen LogP contribution >= 0.6 is 0 Å². The van der Waals surface area contributed by atoms with Crippen LogP contribution in [0, 0.1) is 0 Å². The van der Waals surface area contributed by atoms with E-state index in [1.807, 2.05) is 42.6 Å². The molecule has 0 fully saturated rings. The van der Waals surface area contributed by atoms with Crippen LogP contribution < -0.4 is 15.0 Å². The molecule has 3 heterocycles. The van der Waals surface area contributed by atoms with Crippen molar-refractivity contribution in [2.45, 2.75) is 68.6 Å². The average molecular weight is 675 g/mol. The number of carbonyl (C=O) groups is 1. The van der Waals surface area contributed by atoms with E-state index in [-0.39, 0.29) is 23.3 Å². The van der Waals surface area contributed by atoms with Crippen LogP contribution in [0.4, 0.5) is 5.69 Å². The summed E-state index contributed by atoms with van der Waals surface area (Å²) < 4.78 is 37.3. The Hall–Kier alpha value is -4.60. The molecule has 0 saturated carbocycles. The predicted molar refractivity (Wildman–Crippen MR) is 192 cm³/mol. The molecular formula is C40H42N4O4S. The van der Waals surface area contributed by atoms with E-state index in [0.717, 1.165) is 61.0 Å². The van der Waals surface area contributed by atoms with Gasteiger partial charge >= 0.3 is 0 Å². The van der Waals surface area contributed by atoms with Crippen molar-refractivity contribution in [1.82, 2.24) is 14.2 Å². The van der Waals surface area contributed by atoms with E-state index in [4.69, 9.17) is 4.74 Å². The summed E-state index contributed by atoms with van der Waals surface area (Å²) in [7, 11) is -2.27. The molecule has 8 nitrogen and oxygen atoms in total. The van der Waals surface area contributed by atoms with Crippen LogP contribution in [0.25, 0.3) is 10.8 Å². The highest BCUT2D eigenvalue weighted by molar-refractivity contribution is 7.89. The van der Waals surface area contributed by atoms with Crippen LogP contribution in [0.5, 0.6) is 5.75 Å². The number of para-hydroxylation sites is 1. The Morgan fingerprint density at radius 2 is 1.71 bits per heavy atom. The van der Waals surface area contributed by atoms with Gasteiger partial charge < -0.3 is 19.5 Å². The van der Waals surface area contributed by atoms with E-state index in [2.05, 4.69) is 57.2 Å². The lowest BCUT2D eigenvalue weighted by atomic mass is 9.87. The molecular weight excluding hydrogens is 633 g/mol. The number of aryl methyl sites for hydroxylation is 2. The van der Waals surface area contributed by atoms with Crippen molar-refractivity contribution in [2.24, 2.45) is 0 Å². The number of ether oxygens (including phenoxy) is 1. The van der Waals surface area contributed by atoms with Gasteiger partial charge in [-0.15, -0.1) is 0 Å². The molecule has 4 aromatic carbocycles. The maximum absolute atomic E-state index is 14.2. The number of nitrogens with one attached hydrogen (secondary N) is 1. The summed E-state index contributed by atoms with van der Waals surface area (Å²) in [4.78, 5) is 16.4. The minimum atomic E-state index is -3.88. The Labute approximate surface area is 288 Å². The molecule has 3 aliphatic rings. The SMILES string of the molecule is COc1ccc2cc(S(=O)(=O)N3CCn4cccc4C3CC(=O)NC3CCc4cc(CN5CCCc6ccccc65)ccc4C3)ccc2c1. The molecule has 2 atom stereocenters. The third-order valence-corrected chi connectivity index (χ3v) is 12.5. The van der Waals surface area contributed by atoms with Crippen LogP contribution in [0.1, 0.15) is 53.3 Å². The molecule has 2 unspecified atom stereocenters. The first-order chi connectivity index (χ1) is 23.9. The molecule has 1 N–H and O–H groups in total. The Kier molecular flexibility index (Phi) is 8.41. The second-order valence-corrected chi connectivity index (χ2v) is 15.5. The molecule has 49 heavy (non-hydrogen) atoms. The van der Waals surface area contributed by atoms with Crippen LogP contribution in [0.15, 0.2) is 102 Å². The zero-order valence-electron chi connectivity index (χ0n) is 27.8.